The number of thioether (sulfide) groups is 1. The van der Waals surface area contributed by atoms with E-state index >= 15 is 0 Å². The lowest BCUT2D eigenvalue weighted by Gasteiger charge is -2.36. The molecule has 1 aromatic carbocycles. The monoisotopic (exact) mass is 458 g/mol. The smallest absolute Gasteiger partial charge is 0.254 e. The standard InChI is InChI=1S/C23H30N4O4S/c1-4-17-13-21(28)25(3)23(24-17)32-20(5-2)22(29)27-10-8-26(9-11-27)14-16-6-7-18-19(12-16)31-15-30-18/h6-7,12-13,20H,4-5,8-11,14-15H2,1-3H3. The molecule has 1 saturated heterocycles. The molecule has 0 spiro atoms. The zero-order valence-electron chi connectivity index (χ0n) is 18.9. The molecule has 0 radical (unpaired) electrons. The summed E-state index contributed by atoms with van der Waals surface area (Å²) in [5, 5.41) is 0.358. The van der Waals surface area contributed by atoms with E-state index in [1.165, 1.54) is 21.9 Å². The van der Waals surface area contributed by atoms with Crippen molar-refractivity contribution in [1.29, 1.82) is 0 Å². The van der Waals surface area contributed by atoms with Gasteiger partial charge in [-0.1, -0.05) is 31.7 Å². The Balaban J connectivity index is 1.35. The summed E-state index contributed by atoms with van der Waals surface area (Å²) in [7, 11) is 1.71. The highest BCUT2D eigenvalue weighted by Crippen LogP contribution is 2.33. The van der Waals surface area contributed by atoms with Gasteiger partial charge in [0.1, 0.15) is 0 Å². The normalized spacial score (nSPS) is 16.9. The Morgan fingerprint density at radius 3 is 2.59 bits per heavy atom. The summed E-state index contributed by atoms with van der Waals surface area (Å²) >= 11 is 1.40. The van der Waals surface area contributed by atoms with Gasteiger partial charge in [-0.3, -0.25) is 19.1 Å². The van der Waals surface area contributed by atoms with Crippen LogP contribution in [0, 0.1) is 0 Å². The Hall–Kier alpha value is -2.52. The van der Waals surface area contributed by atoms with Gasteiger partial charge in [0.25, 0.3) is 5.56 Å². The molecule has 0 N–H and O–H groups in total. The number of piperazine rings is 1. The molecule has 1 amide bonds. The van der Waals surface area contributed by atoms with Crippen molar-refractivity contribution in [3.63, 3.8) is 0 Å². The van der Waals surface area contributed by atoms with Crippen LogP contribution in [0.25, 0.3) is 0 Å². The third kappa shape index (κ3) is 4.94. The molecule has 0 aliphatic carbocycles. The van der Waals surface area contributed by atoms with E-state index in [1.807, 2.05) is 30.9 Å². The fraction of sp³-hybridized carbons (Fsp3) is 0.522. The number of hydrogen-bond acceptors (Lipinski definition) is 7. The van der Waals surface area contributed by atoms with Crippen LogP contribution in [0.15, 0.2) is 34.2 Å². The van der Waals surface area contributed by atoms with Crippen molar-refractivity contribution < 1.29 is 14.3 Å². The fourth-order valence-corrected chi connectivity index (χ4v) is 5.00. The Kier molecular flexibility index (Phi) is 7.05. The van der Waals surface area contributed by atoms with Crippen LogP contribution in [-0.2, 0) is 24.8 Å². The molecule has 1 aromatic heterocycles. The molecule has 0 bridgehead atoms. The van der Waals surface area contributed by atoms with Crippen LogP contribution in [0.2, 0.25) is 0 Å². The predicted molar refractivity (Wildman–Crippen MR) is 123 cm³/mol. The van der Waals surface area contributed by atoms with Crippen LogP contribution in [0.4, 0.5) is 0 Å². The second-order valence-electron chi connectivity index (χ2n) is 8.08. The number of aryl methyl sites for hydroxylation is 1. The summed E-state index contributed by atoms with van der Waals surface area (Å²) in [5.74, 6) is 1.72. The molecule has 2 aromatic rings. The molecular formula is C23H30N4O4S. The van der Waals surface area contributed by atoms with Crippen molar-refractivity contribution >= 4 is 17.7 Å². The first kappa shape index (κ1) is 22.7. The average molecular weight is 459 g/mol. The Bertz CT molecular complexity index is 1030. The molecule has 9 heteroatoms. The van der Waals surface area contributed by atoms with E-state index in [4.69, 9.17) is 9.47 Å². The molecule has 4 rings (SSSR count). The molecule has 3 heterocycles. The molecule has 1 unspecified atom stereocenters. The number of rotatable bonds is 7. The third-order valence-electron chi connectivity index (χ3n) is 5.93. The van der Waals surface area contributed by atoms with E-state index in [0.29, 0.717) is 31.1 Å². The highest BCUT2D eigenvalue weighted by atomic mass is 32.2. The van der Waals surface area contributed by atoms with Crippen molar-refractivity contribution in [2.75, 3.05) is 33.0 Å². The molecule has 1 atom stereocenters. The minimum atomic E-state index is -0.249. The van der Waals surface area contributed by atoms with E-state index in [1.54, 1.807) is 13.1 Å². The van der Waals surface area contributed by atoms with Gasteiger partial charge < -0.3 is 14.4 Å². The maximum atomic E-state index is 13.2. The number of aromatic nitrogens is 2. The summed E-state index contributed by atoms with van der Waals surface area (Å²) in [6, 6.07) is 7.61. The van der Waals surface area contributed by atoms with Crippen LogP contribution in [0.3, 0.4) is 0 Å². The number of hydrogen-bond donors (Lipinski definition) is 0. The predicted octanol–water partition coefficient (Wildman–Crippen LogP) is 2.29. The van der Waals surface area contributed by atoms with Gasteiger partial charge in [-0.25, -0.2) is 4.98 Å². The molecule has 2 aliphatic rings. The average Bonchev–Trinajstić information content (AvgIpc) is 3.28. The van der Waals surface area contributed by atoms with Crippen LogP contribution in [0.1, 0.15) is 31.5 Å². The van der Waals surface area contributed by atoms with Crippen molar-refractivity contribution in [1.82, 2.24) is 19.4 Å². The van der Waals surface area contributed by atoms with Gasteiger partial charge in [0.2, 0.25) is 12.7 Å². The lowest BCUT2D eigenvalue weighted by molar-refractivity contribution is -0.132. The SMILES string of the molecule is CCc1cc(=O)n(C)c(SC(CC)C(=O)N2CCN(Cc3ccc4c(c3)OCO4)CC2)n1. The minimum absolute atomic E-state index is 0.0845. The van der Waals surface area contributed by atoms with E-state index < -0.39 is 0 Å². The lowest BCUT2D eigenvalue weighted by atomic mass is 10.1. The van der Waals surface area contributed by atoms with Crippen LogP contribution in [0.5, 0.6) is 11.5 Å². The summed E-state index contributed by atoms with van der Waals surface area (Å²) in [6.45, 7) is 8.12. The van der Waals surface area contributed by atoms with Gasteiger partial charge in [-0.15, -0.1) is 0 Å². The molecule has 172 valence electrons. The zero-order chi connectivity index (χ0) is 22.7. The number of carbonyl (C=O) groups excluding carboxylic acids is 1. The van der Waals surface area contributed by atoms with Gasteiger partial charge in [0, 0.05) is 51.5 Å². The number of ether oxygens (including phenoxy) is 2. The van der Waals surface area contributed by atoms with Gasteiger partial charge in [0.05, 0.1) is 5.25 Å². The third-order valence-corrected chi connectivity index (χ3v) is 7.33. The molecule has 32 heavy (non-hydrogen) atoms. The summed E-state index contributed by atoms with van der Waals surface area (Å²) in [6.07, 6.45) is 1.38. The molecule has 1 fully saturated rings. The topological polar surface area (TPSA) is 76.9 Å². The lowest BCUT2D eigenvalue weighted by Crippen LogP contribution is -2.50. The number of nitrogens with zero attached hydrogens (tertiary/aromatic N) is 4. The second-order valence-corrected chi connectivity index (χ2v) is 9.25. The summed E-state index contributed by atoms with van der Waals surface area (Å²) in [4.78, 5) is 34.3. The highest BCUT2D eigenvalue weighted by molar-refractivity contribution is 8.00. The first-order valence-corrected chi connectivity index (χ1v) is 12.0. The van der Waals surface area contributed by atoms with Crippen molar-refractivity contribution in [3.05, 3.63) is 45.9 Å². The van der Waals surface area contributed by atoms with Crippen LogP contribution >= 0.6 is 11.8 Å². The van der Waals surface area contributed by atoms with Crippen molar-refractivity contribution in [3.8, 4) is 11.5 Å². The highest BCUT2D eigenvalue weighted by Gasteiger charge is 2.28. The minimum Gasteiger partial charge on any atom is -0.454 e. The Morgan fingerprint density at radius 2 is 1.88 bits per heavy atom. The first-order chi connectivity index (χ1) is 15.5. The summed E-state index contributed by atoms with van der Waals surface area (Å²) in [5.41, 5.74) is 1.85. The Morgan fingerprint density at radius 1 is 1.12 bits per heavy atom. The number of carbonyl (C=O) groups is 1. The van der Waals surface area contributed by atoms with Gasteiger partial charge in [-0.05, 0) is 30.5 Å². The van der Waals surface area contributed by atoms with E-state index in [-0.39, 0.29) is 23.5 Å². The Labute approximate surface area is 192 Å². The summed E-state index contributed by atoms with van der Waals surface area (Å²) < 4.78 is 12.4. The van der Waals surface area contributed by atoms with Gasteiger partial charge >= 0.3 is 0 Å². The zero-order valence-corrected chi connectivity index (χ0v) is 19.7. The fourth-order valence-electron chi connectivity index (χ4n) is 3.91. The number of fused-ring (bicyclic) bond motifs is 1. The molecule has 2 aliphatic heterocycles. The quantitative estimate of drug-likeness (QED) is 0.465. The van der Waals surface area contributed by atoms with E-state index in [2.05, 4.69) is 16.0 Å². The van der Waals surface area contributed by atoms with Gasteiger partial charge in [0.15, 0.2) is 16.7 Å². The maximum absolute atomic E-state index is 13.2. The molecule has 8 nitrogen and oxygen atoms in total. The van der Waals surface area contributed by atoms with Crippen LogP contribution in [-0.4, -0.2) is 63.5 Å². The van der Waals surface area contributed by atoms with Crippen molar-refractivity contribution in [2.45, 2.75) is 43.6 Å². The van der Waals surface area contributed by atoms with Gasteiger partial charge in [-0.2, -0.15) is 0 Å². The van der Waals surface area contributed by atoms with Crippen molar-refractivity contribution in [2.24, 2.45) is 7.05 Å². The first-order valence-electron chi connectivity index (χ1n) is 11.1. The van der Waals surface area contributed by atoms with Crippen LogP contribution < -0.4 is 15.0 Å². The molecular weight excluding hydrogens is 428 g/mol. The maximum Gasteiger partial charge on any atom is 0.254 e. The largest absolute Gasteiger partial charge is 0.454 e. The second kappa shape index (κ2) is 9.95. The number of amides is 1. The molecule has 0 saturated carbocycles. The van der Waals surface area contributed by atoms with E-state index in [0.717, 1.165) is 36.8 Å². The van der Waals surface area contributed by atoms with E-state index in [9.17, 15) is 9.59 Å². The number of benzene rings is 1.